The first-order valence-corrected chi connectivity index (χ1v) is 5.86. The maximum absolute atomic E-state index is 13.7. The normalized spacial score (nSPS) is 11.9. The van der Waals surface area contributed by atoms with Crippen molar-refractivity contribution in [3.8, 4) is 0 Å². The molecule has 1 aromatic rings. The minimum atomic E-state index is -1.01. The van der Waals surface area contributed by atoms with E-state index in [0.29, 0.717) is 0 Å². The molecule has 1 unspecified atom stereocenters. The molecule has 0 aliphatic carbocycles. The van der Waals surface area contributed by atoms with E-state index in [9.17, 15) is 14.0 Å². The molecular weight excluding hydrogens is 253 g/mol. The van der Waals surface area contributed by atoms with Gasteiger partial charge in [0.15, 0.2) is 0 Å². The van der Waals surface area contributed by atoms with Crippen molar-refractivity contribution in [2.45, 2.75) is 13.3 Å². The number of halogens is 1. The topological polar surface area (TPSA) is 77.8 Å². The second-order valence-electron chi connectivity index (χ2n) is 4.28. The van der Waals surface area contributed by atoms with Gasteiger partial charge >= 0.3 is 11.9 Å². The van der Waals surface area contributed by atoms with Crippen LogP contribution >= 0.6 is 0 Å². The first kappa shape index (κ1) is 14.9. The van der Waals surface area contributed by atoms with Crippen molar-refractivity contribution >= 4 is 17.6 Å². The Morgan fingerprint density at radius 3 is 2.47 bits per heavy atom. The molecule has 0 spiro atoms. The summed E-state index contributed by atoms with van der Waals surface area (Å²) < 4.78 is 13.7. The second-order valence-corrected chi connectivity index (χ2v) is 4.28. The van der Waals surface area contributed by atoms with Crippen LogP contribution in [0.25, 0.3) is 0 Å². The second kappa shape index (κ2) is 6.72. The van der Waals surface area contributed by atoms with Crippen molar-refractivity contribution < 1.29 is 24.2 Å². The third-order valence-corrected chi connectivity index (χ3v) is 2.70. The molecule has 5 nitrogen and oxygen atoms in total. The van der Waals surface area contributed by atoms with Crippen LogP contribution in [0.4, 0.5) is 10.1 Å². The van der Waals surface area contributed by atoms with Crippen LogP contribution in [0.1, 0.15) is 13.3 Å². The lowest BCUT2D eigenvalue weighted by Gasteiger charge is -2.26. The van der Waals surface area contributed by atoms with Crippen molar-refractivity contribution in [3.63, 3.8) is 0 Å². The molecule has 0 fully saturated rings. The molecule has 0 saturated carbocycles. The Labute approximate surface area is 110 Å². The number of carboxylic acids is 2. The van der Waals surface area contributed by atoms with Crippen LogP contribution < -0.4 is 4.90 Å². The quantitative estimate of drug-likeness (QED) is 0.789. The van der Waals surface area contributed by atoms with Gasteiger partial charge in [-0.2, -0.15) is 0 Å². The third-order valence-electron chi connectivity index (χ3n) is 2.70. The van der Waals surface area contributed by atoms with Crippen LogP contribution in [0.15, 0.2) is 24.3 Å². The number of hydrogen-bond acceptors (Lipinski definition) is 3. The SMILES string of the molecule is CC(CN(CCC(=O)O)c1ccccc1F)C(=O)O. The summed E-state index contributed by atoms with van der Waals surface area (Å²) in [5.41, 5.74) is 0.219. The molecule has 6 heteroatoms. The van der Waals surface area contributed by atoms with Crippen LogP contribution in [0.5, 0.6) is 0 Å². The summed E-state index contributed by atoms with van der Waals surface area (Å²) >= 11 is 0. The summed E-state index contributed by atoms with van der Waals surface area (Å²) in [6.07, 6.45) is -0.180. The Morgan fingerprint density at radius 1 is 1.32 bits per heavy atom. The lowest BCUT2D eigenvalue weighted by atomic mass is 10.1. The van der Waals surface area contributed by atoms with E-state index in [1.165, 1.54) is 30.0 Å². The van der Waals surface area contributed by atoms with Crippen molar-refractivity contribution in [1.29, 1.82) is 0 Å². The fraction of sp³-hybridized carbons (Fsp3) is 0.385. The van der Waals surface area contributed by atoms with Crippen LogP contribution in [-0.2, 0) is 9.59 Å². The minimum absolute atomic E-state index is 0.0591. The van der Waals surface area contributed by atoms with E-state index in [2.05, 4.69) is 0 Å². The minimum Gasteiger partial charge on any atom is -0.481 e. The summed E-state index contributed by atoms with van der Waals surface area (Å²) in [6.45, 7) is 1.62. The van der Waals surface area contributed by atoms with Crippen LogP contribution in [0, 0.1) is 11.7 Å². The van der Waals surface area contributed by atoms with Gasteiger partial charge in [-0.25, -0.2) is 4.39 Å². The monoisotopic (exact) mass is 269 g/mol. The van der Waals surface area contributed by atoms with Gasteiger partial charge in [0, 0.05) is 13.1 Å². The van der Waals surface area contributed by atoms with Crippen molar-refractivity contribution in [2.75, 3.05) is 18.0 Å². The zero-order valence-corrected chi connectivity index (χ0v) is 10.5. The van der Waals surface area contributed by atoms with E-state index < -0.39 is 23.7 Å². The molecule has 0 aromatic heterocycles. The van der Waals surface area contributed by atoms with E-state index in [-0.39, 0.29) is 25.2 Å². The maximum atomic E-state index is 13.7. The number of para-hydroxylation sites is 1. The van der Waals surface area contributed by atoms with Gasteiger partial charge < -0.3 is 15.1 Å². The smallest absolute Gasteiger partial charge is 0.308 e. The predicted octanol–water partition coefficient (Wildman–Crippen LogP) is 1.83. The molecule has 1 aromatic carbocycles. The zero-order valence-electron chi connectivity index (χ0n) is 10.5. The van der Waals surface area contributed by atoms with Crippen molar-refractivity contribution in [3.05, 3.63) is 30.1 Å². The van der Waals surface area contributed by atoms with Gasteiger partial charge in [0.1, 0.15) is 5.82 Å². The first-order valence-electron chi connectivity index (χ1n) is 5.86. The molecule has 1 atom stereocenters. The van der Waals surface area contributed by atoms with Gasteiger partial charge in [-0.05, 0) is 12.1 Å². The Hall–Kier alpha value is -2.11. The molecule has 0 bridgehead atoms. The fourth-order valence-electron chi connectivity index (χ4n) is 1.66. The van der Waals surface area contributed by atoms with E-state index in [1.54, 1.807) is 6.07 Å². The van der Waals surface area contributed by atoms with E-state index in [0.717, 1.165) is 0 Å². The van der Waals surface area contributed by atoms with Gasteiger partial charge in [-0.15, -0.1) is 0 Å². The third kappa shape index (κ3) is 4.57. The average Bonchev–Trinajstić information content (AvgIpc) is 2.34. The van der Waals surface area contributed by atoms with Gasteiger partial charge in [0.25, 0.3) is 0 Å². The number of benzene rings is 1. The molecule has 2 N–H and O–H groups in total. The highest BCUT2D eigenvalue weighted by Crippen LogP contribution is 2.20. The number of rotatable bonds is 7. The fourth-order valence-corrected chi connectivity index (χ4v) is 1.66. The highest BCUT2D eigenvalue weighted by atomic mass is 19.1. The largest absolute Gasteiger partial charge is 0.481 e. The summed E-state index contributed by atoms with van der Waals surface area (Å²) in [5, 5.41) is 17.6. The van der Waals surface area contributed by atoms with Gasteiger partial charge in [0.05, 0.1) is 18.0 Å². The molecule has 19 heavy (non-hydrogen) atoms. The molecule has 0 heterocycles. The lowest BCUT2D eigenvalue weighted by molar-refractivity contribution is -0.140. The molecule has 0 aliphatic heterocycles. The first-order chi connectivity index (χ1) is 8.91. The number of anilines is 1. The number of carbonyl (C=O) groups is 2. The molecular formula is C13H16FNO4. The van der Waals surface area contributed by atoms with E-state index in [1.807, 2.05) is 0 Å². The number of hydrogen-bond donors (Lipinski definition) is 2. The molecule has 0 aliphatic rings. The summed E-state index contributed by atoms with van der Waals surface area (Å²) in [4.78, 5) is 22.9. The van der Waals surface area contributed by atoms with Crippen LogP contribution in [0.3, 0.4) is 0 Å². The Kier molecular flexibility index (Phi) is 5.29. The summed E-state index contributed by atoms with van der Waals surface area (Å²) in [6, 6.07) is 5.91. The van der Waals surface area contributed by atoms with E-state index >= 15 is 0 Å². The van der Waals surface area contributed by atoms with Crippen LogP contribution in [0.2, 0.25) is 0 Å². The predicted molar refractivity (Wildman–Crippen MR) is 67.7 cm³/mol. The molecule has 0 amide bonds. The van der Waals surface area contributed by atoms with Crippen molar-refractivity contribution in [1.82, 2.24) is 0 Å². The maximum Gasteiger partial charge on any atom is 0.308 e. The molecule has 0 radical (unpaired) electrons. The molecule has 1 rings (SSSR count). The number of aliphatic carboxylic acids is 2. The van der Waals surface area contributed by atoms with Crippen molar-refractivity contribution in [2.24, 2.45) is 5.92 Å². The summed E-state index contributed by atoms with van der Waals surface area (Å²) in [5.74, 6) is -3.22. The van der Waals surface area contributed by atoms with Gasteiger partial charge in [0.2, 0.25) is 0 Å². The van der Waals surface area contributed by atoms with Gasteiger partial charge in [-0.3, -0.25) is 9.59 Å². The van der Waals surface area contributed by atoms with Crippen LogP contribution in [-0.4, -0.2) is 35.2 Å². The molecule has 0 saturated heterocycles. The highest BCUT2D eigenvalue weighted by molar-refractivity contribution is 5.71. The Morgan fingerprint density at radius 2 is 1.95 bits per heavy atom. The summed E-state index contributed by atoms with van der Waals surface area (Å²) in [7, 11) is 0. The van der Waals surface area contributed by atoms with E-state index in [4.69, 9.17) is 10.2 Å². The lowest BCUT2D eigenvalue weighted by Crippen LogP contribution is -2.34. The highest BCUT2D eigenvalue weighted by Gasteiger charge is 2.19. The number of nitrogens with zero attached hydrogens (tertiary/aromatic N) is 1. The van der Waals surface area contributed by atoms with Gasteiger partial charge in [-0.1, -0.05) is 19.1 Å². The average molecular weight is 269 g/mol. The zero-order chi connectivity index (χ0) is 14.4. The Bertz CT molecular complexity index is 464. The molecule has 104 valence electrons. The Balaban J connectivity index is 2.88. The standard InChI is InChI=1S/C13H16FNO4/c1-9(13(18)19)8-15(7-6-12(16)17)11-5-3-2-4-10(11)14/h2-5,9H,6-8H2,1H3,(H,16,17)(H,18,19). The number of carboxylic acid groups (broad SMARTS) is 2.